The first-order valence-electron chi connectivity index (χ1n) is 11.7. The molecule has 3 amide bonds. The van der Waals surface area contributed by atoms with E-state index in [1.54, 1.807) is 56.8 Å². The highest BCUT2D eigenvalue weighted by Gasteiger charge is 2.36. The number of carbonyl (C=O) groups is 4. The molecule has 2 unspecified atom stereocenters. The number of ether oxygens (including phenoxy) is 2. The maximum Gasteiger partial charge on any atom is 0.408 e. The van der Waals surface area contributed by atoms with Gasteiger partial charge in [0.15, 0.2) is 0 Å². The van der Waals surface area contributed by atoms with Crippen LogP contribution in [0, 0.1) is 0 Å². The van der Waals surface area contributed by atoms with E-state index in [2.05, 4.69) is 15.4 Å². The zero-order chi connectivity index (χ0) is 26.4. The van der Waals surface area contributed by atoms with Gasteiger partial charge < -0.3 is 25.0 Å². The van der Waals surface area contributed by atoms with E-state index in [1.165, 1.54) is 12.0 Å². The van der Waals surface area contributed by atoms with E-state index < -0.39 is 35.7 Å². The van der Waals surface area contributed by atoms with E-state index in [-0.39, 0.29) is 12.5 Å². The number of esters is 1. The van der Waals surface area contributed by atoms with Gasteiger partial charge in [-0.25, -0.2) is 4.79 Å². The molecule has 0 radical (unpaired) electrons. The third-order valence-corrected chi connectivity index (χ3v) is 5.59. The molecule has 2 atom stereocenters. The second-order valence-corrected chi connectivity index (χ2v) is 9.96. The zero-order valence-corrected chi connectivity index (χ0v) is 22.4. The third kappa shape index (κ3) is 11.0. The lowest BCUT2D eigenvalue weighted by atomic mass is 10.0. The summed E-state index contributed by atoms with van der Waals surface area (Å²) in [5.41, 5.74) is -0.125. The van der Waals surface area contributed by atoms with Crippen LogP contribution in [0.3, 0.4) is 0 Å². The number of rotatable bonds is 13. The first-order valence-corrected chi connectivity index (χ1v) is 13.1. The van der Waals surface area contributed by atoms with Crippen LogP contribution in [0.4, 0.5) is 4.79 Å². The summed E-state index contributed by atoms with van der Waals surface area (Å²) in [6.07, 6.45) is 3.04. The van der Waals surface area contributed by atoms with Crippen molar-refractivity contribution in [1.29, 1.82) is 0 Å². The lowest BCUT2D eigenvalue weighted by Crippen LogP contribution is -2.53. The summed E-state index contributed by atoms with van der Waals surface area (Å²) in [6.45, 7) is 7.20. The number of unbranched alkanes of at least 4 members (excludes halogenated alkanes) is 1. The predicted molar refractivity (Wildman–Crippen MR) is 137 cm³/mol. The molecule has 10 heteroatoms. The molecule has 0 bridgehead atoms. The van der Waals surface area contributed by atoms with Crippen molar-refractivity contribution in [2.45, 2.75) is 64.6 Å². The Hall–Kier alpha value is -2.75. The van der Waals surface area contributed by atoms with Crippen molar-refractivity contribution >= 4 is 35.6 Å². The molecule has 0 saturated heterocycles. The summed E-state index contributed by atoms with van der Waals surface area (Å²) in [4.78, 5) is 52.8. The van der Waals surface area contributed by atoms with Crippen LogP contribution >= 0.6 is 11.8 Å². The summed E-state index contributed by atoms with van der Waals surface area (Å²) in [5, 5.41) is 5.27. The second-order valence-electron chi connectivity index (χ2n) is 8.97. The minimum atomic E-state index is -0.989. The number of carbonyl (C=O) groups excluding carboxylic acids is 4. The van der Waals surface area contributed by atoms with Crippen LogP contribution < -0.4 is 10.6 Å². The van der Waals surface area contributed by atoms with Crippen LogP contribution in [0.5, 0.6) is 0 Å². The highest BCUT2D eigenvalue weighted by Crippen LogP contribution is 2.24. The number of thioether (sulfide) groups is 1. The number of amides is 3. The predicted octanol–water partition coefficient (Wildman–Crippen LogP) is 3.29. The summed E-state index contributed by atoms with van der Waals surface area (Å²) >= 11 is 1.55. The summed E-state index contributed by atoms with van der Waals surface area (Å²) in [5.74, 6) is -0.869. The largest absolute Gasteiger partial charge is 0.468 e. The summed E-state index contributed by atoms with van der Waals surface area (Å²) in [6, 6.07) is 7.02. The quantitative estimate of drug-likeness (QED) is 0.392. The minimum Gasteiger partial charge on any atom is -0.468 e. The standard InChI is InChI=1S/C25H39N3O6S/c1-7-8-15-28(23(31)19(14-16-35-6)27-24(32)34-25(2,3)4)21(18-12-10-9-11-13-18)22(30)26-17-20(29)33-5/h9-13,19,21H,7-8,14-17H2,1-6H3,(H,26,30)(H,27,32). The van der Waals surface area contributed by atoms with Gasteiger partial charge in [0.25, 0.3) is 0 Å². The Labute approximate surface area is 212 Å². The highest BCUT2D eigenvalue weighted by molar-refractivity contribution is 7.98. The maximum absolute atomic E-state index is 13.8. The van der Waals surface area contributed by atoms with E-state index in [9.17, 15) is 19.2 Å². The SMILES string of the molecule is CCCCN(C(=O)C(CCSC)NC(=O)OC(C)(C)C)C(C(=O)NCC(=O)OC)c1ccccc1. The topological polar surface area (TPSA) is 114 Å². The molecule has 1 aromatic rings. The van der Waals surface area contributed by atoms with E-state index >= 15 is 0 Å². The number of hydrogen-bond acceptors (Lipinski definition) is 7. The van der Waals surface area contributed by atoms with E-state index in [4.69, 9.17) is 4.74 Å². The molecule has 0 saturated carbocycles. The Morgan fingerprint density at radius 3 is 2.31 bits per heavy atom. The number of benzene rings is 1. The Balaban J connectivity index is 3.34. The fraction of sp³-hybridized carbons (Fsp3) is 0.600. The van der Waals surface area contributed by atoms with Gasteiger partial charge in [-0.3, -0.25) is 14.4 Å². The van der Waals surface area contributed by atoms with Crippen molar-refractivity contribution < 1.29 is 28.7 Å². The molecule has 2 N–H and O–H groups in total. The van der Waals surface area contributed by atoms with Gasteiger partial charge in [0.05, 0.1) is 7.11 Å². The minimum absolute atomic E-state index is 0.298. The first-order chi connectivity index (χ1) is 16.5. The van der Waals surface area contributed by atoms with E-state index in [0.717, 1.165) is 6.42 Å². The smallest absolute Gasteiger partial charge is 0.408 e. The monoisotopic (exact) mass is 509 g/mol. The van der Waals surface area contributed by atoms with Gasteiger partial charge in [-0.1, -0.05) is 43.7 Å². The number of nitrogens with one attached hydrogen (secondary N) is 2. The first kappa shape index (κ1) is 30.3. The number of methoxy groups -OCH3 is 1. The van der Waals surface area contributed by atoms with Crippen molar-refractivity contribution in [3.63, 3.8) is 0 Å². The molecule has 0 aliphatic rings. The van der Waals surface area contributed by atoms with Crippen molar-refractivity contribution in [3.8, 4) is 0 Å². The van der Waals surface area contributed by atoms with Crippen LogP contribution in [0.25, 0.3) is 0 Å². The van der Waals surface area contributed by atoms with Crippen LogP contribution in [0.15, 0.2) is 30.3 Å². The molecule has 0 aliphatic carbocycles. The van der Waals surface area contributed by atoms with Crippen molar-refractivity contribution in [2.75, 3.05) is 32.2 Å². The van der Waals surface area contributed by atoms with E-state index in [1.807, 2.05) is 19.2 Å². The van der Waals surface area contributed by atoms with Crippen LogP contribution in [-0.2, 0) is 23.9 Å². The molecule has 9 nitrogen and oxygen atoms in total. The van der Waals surface area contributed by atoms with Gasteiger partial charge in [-0.15, -0.1) is 0 Å². The molecule has 0 spiro atoms. The number of hydrogen-bond donors (Lipinski definition) is 2. The van der Waals surface area contributed by atoms with Crippen LogP contribution in [0.1, 0.15) is 58.6 Å². The lowest BCUT2D eigenvalue weighted by Gasteiger charge is -2.34. The Morgan fingerprint density at radius 1 is 1.11 bits per heavy atom. The zero-order valence-electron chi connectivity index (χ0n) is 21.6. The maximum atomic E-state index is 13.8. The normalized spacial score (nSPS) is 12.7. The van der Waals surface area contributed by atoms with E-state index in [0.29, 0.717) is 30.7 Å². The molecule has 196 valence electrons. The molecule has 0 fully saturated rings. The Kier molecular flexibility index (Phi) is 13.2. The molecule has 1 aromatic carbocycles. The Morgan fingerprint density at radius 2 is 1.77 bits per heavy atom. The third-order valence-electron chi connectivity index (χ3n) is 4.95. The molecular weight excluding hydrogens is 470 g/mol. The van der Waals surface area contributed by atoms with Gasteiger partial charge in [-0.2, -0.15) is 11.8 Å². The molecule has 35 heavy (non-hydrogen) atoms. The average Bonchev–Trinajstić information content (AvgIpc) is 2.81. The fourth-order valence-electron chi connectivity index (χ4n) is 3.27. The second kappa shape index (κ2) is 15.3. The van der Waals surface area contributed by atoms with Crippen molar-refractivity contribution in [2.24, 2.45) is 0 Å². The molecular formula is C25H39N3O6S. The van der Waals surface area contributed by atoms with Gasteiger partial charge in [0.1, 0.15) is 24.2 Å². The van der Waals surface area contributed by atoms with Gasteiger partial charge >= 0.3 is 12.1 Å². The van der Waals surface area contributed by atoms with Gasteiger partial charge in [0, 0.05) is 6.54 Å². The Bertz CT molecular complexity index is 828. The van der Waals surface area contributed by atoms with Crippen LogP contribution in [0.2, 0.25) is 0 Å². The number of nitrogens with zero attached hydrogens (tertiary/aromatic N) is 1. The van der Waals surface area contributed by atoms with Crippen molar-refractivity contribution in [1.82, 2.24) is 15.5 Å². The molecule has 0 aromatic heterocycles. The highest BCUT2D eigenvalue weighted by atomic mass is 32.2. The van der Waals surface area contributed by atoms with Gasteiger partial charge in [0.2, 0.25) is 11.8 Å². The summed E-state index contributed by atoms with van der Waals surface area (Å²) < 4.78 is 10.00. The van der Waals surface area contributed by atoms with Crippen molar-refractivity contribution in [3.05, 3.63) is 35.9 Å². The number of alkyl carbamates (subject to hydrolysis) is 1. The molecule has 0 heterocycles. The fourth-order valence-corrected chi connectivity index (χ4v) is 3.75. The van der Waals surface area contributed by atoms with Crippen LogP contribution in [-0.4, -0.2) is 72.6 Å². The molecule has 0 aliphatic heterocycles. The lowest BCUT2D eigenvalue weighted by molar-refractivity contribution is -0.144. The molecule has 1 rings (SSSR count). The van der Waals surface area contributed by atoms with Gasteiger partial charge in [-0.05, 0) is 51.2 Å². The average molecular weight is 510 g/mol. The summed E-state index contributed by atoms with van der Waals surface area (Å²) in [7, 11) is 1.24.